The zero-order valence-electron chi connectivity index (χ0n) is 9.27. The van der Waals surface area contributed by atoms with Crippen molar-refractivity contribution in [2.75, 3.05) is 0 Å². The van der Waals surface area contributed by atoms with Crippen molar-refractivity contribution < 1.29 is 19.4 Å². The number of aromatic carboxylic acids is 1. The molecular weight excluding hydrogens is 208 g/mol. The Hall–Kier alpha value is -1.29. The first kappa shape index (κ1) is 11.2. The maximum atomic E-state index is 11.0. The van der Waals surface area contributed by atoms with E-state index in [9.17, 15) is 9.90 Å². The van der Waals surface area contributed by atoms with Crippen LogP contribution in [-0.4, -0.2) is 16.2 Å². The number of furan rings is 1. The summed E-state index contributed by atoms with van der Waals surface area (Å²) < 4.78 is 5.17. The molecule has 2 unspecified atom stereocenters. The van der Waals surface area contributed by atoms with E-state index in [0.717, 1.165) is 12.8 Å². The molecule has 2 atom stereocenters. The van der Waals surface area contributed by atoms with Gasteiger partial charge in [0.1, 0.15) is 16.9 Å². The van der Waals surface area contributed by atoms with Crippen LogP contribution in [0.25, 0.3) is 0 Å². The maximum absolute atomic E-state index is 11.0. The van der Waals surface area contributed by atoms with Gasteiger partial charge in [0.2, 0.25) is 0 Å². The highest BCUT2D eigenvalue weighted by molar-refractivity contribution is 5.89. The van der Waals surface area contributed by atoms with Crippen molar-refractivity contribution in [3.8, 4) is 0 Å². The zero-order valence-corrected chi connectivity index (χ0v) is 9.27. The van der Waals surface area contributed by atoms with Crippen molar-refractivity contribution in [1.29, 1.82) is 0 Å². The third kappa shape index (κ3) is 1.73. The average molecular weight is 224 g/mol. The first-order valence-electron chi connectivity index (χ1n) is 5.60. The first-order valence-corrected chi connectivity index (χ1v) is 5.60. The van der Waals surface area contributed by atoms with Gasteiger partial charge in [0.05, 0.1) is 6.26 Å². The summed E-state index contributed by atoms with van der Waals surface area (Å²) in [6.45, 7) is 2.08. The van der Waals surface area contributed by atoms with Gasteiger partial charge in [-0.05, 0) is 31.2 Å². The Morgan fingerprint density at radius 3 is 3.00 bits per heavy atom. The minimum Gasteiger partial charge on any atom is -0.478 e. The second-order valence-corrected chi connectivity index (χ2v) is 4.52. The predicted octanol–water partition coefficient (Wildman–Crippen LogP) is 2.38. The summed E-state index contributed by atoms with van der Waals surface area (Å²) in [5.74, 6) is -0.371. The molecule has 4 nitrogen and oxygen atoms in total. The van der Waals surface area contributed by atoms with Gasteiger partial charge in [-0.1, -0.05) is 13.3 Å². The highest BCUT2D eigenvalue weighted by Crippen LogP contribution is 2.44. The van der Waals surface area contributed by atoms with E-state index < -0.39 is 11.6 Å². The van der Waals surface area contributed by atoms with Gasteiger partial charge < -0.3 is 14.6 Å². The Balaban J connectivity index is 2.30. The number of hydrogen-bond acceptors (Lipinski definition) is 3. The lowest BCUT2D eigenvalue weighted by Gasteiger charge is -2.20. The van der Waals surface area contributed by atoms with Crippen molar-refractivity contribution >= 4 is 5.97 Å². The van der Waals surface area contributed by atoms with E-state index in [0.29, 0.717) is 18.8 Å². The van der Waals surface area contributed by atoms with E-state index in [1.54, 1.807) is 0 Å². The summed E-state index contributed by atoms with van der Waals surface area (Å²) >= 11 is 0. The van der Waals surface area contributed by atoms with Gasteiger partial charge in [-0.15, -0.1) is 0 Å². The predicted molar refractivity (Wildman–Crippen MR) is 57.2 cm³/mol. The van der Waals surface area contributed by atoms with E-state index >= 15 is 0 Å². The summed E-state index contributed by atoms with van der Waals surface area (Å²) in [6.07, 6.45) is 4.44. The molecule has 4 heteroatoms. The van der Waals surface area contributed by atoms with E-state index in [4.69, 9.17) is 9.52 Å². The molecule has 16 heavy (non-hydrogen) atoms. The number of carboxylic acid groups (broad SMARTS) is 1. The van der Waals surface area contributed by atoms with Gasteiger partial charge in [-0.3, -0.25) is 0 Å². The molecule has 0 saturated heterocycles. The van der Waals surface area contributed by atoms with Crippen LogP contribution in [0.5, 0.6) is 0 Å². The molecule has 2 N–H and O–H groups in total. The summed E-state index contributed by atoms with van der Waals surface area (Å²) in [5.41, 5.74) is -1.00. The molecule has 1 fully saturated rings. The molecule has 88 valence electrons. The summed E-state index contributed by atoms with van der Waals surface area (Å²) in [4.78, 5) is 11.0. The maximum Gasteiger partial charge on any atom is 0.339 e. The molecule has 0 radical (unpaired) electrons. The highest BCUT2D eigenvalue weighted by atomic mass is 16.4. The molecule has 1 aromatic heterocycles. The highest BCUT2D eigenvalue weighted by Gasteiger charge is 2.42. The quantitative estimate of drug-likeness (QED) is 0.826. The lowest BCUT2D eigenvalue weighted by atomic mass is 9.94. The van der Waals surface area contributed by atoms with Crippen LogP contribution >= 0.6 is 0 Å². The van der Waals surface area contributed by atoms with E-state index in [1.807, 2.05) is 0 Å². The fourth-order valence-electron chi connectivity index (χ4n) is 2.52. The largest absolute Gasteiger partial charge is 0.478 e. The van der Waals surface area contributed by atoms with Crippen LogP contribution in [0.4, 0.5) is 0 Å². The fraction of sp³-hybridized carbons (Fsp3) is 0.583. The second-order valence-electron chi connectivity index (χ2n) is 4.52. The van der Waals surface area contributed by atoms with Gasteiger partial charge in [0.15, 0.2) is 0 Å². The van der Waals surface area contributed by atoms with Gasteiger partial charge in [0.25, 0.3) is 0 Å². The third-order valence-corrected chi connectivity index (χ3v) is 3.49. The van der Waals surface area contributed by atoms with Crippen LogP contribution in [-0.2, 0) is 5.60 Å². The monoisotopic (exact) mass is 224 g/mol. The first-order chi connectivity index (χ1) is 7.57. The van der Waals surface area contributed by atoms with Crippen LogP contribution in [0.2, 0.25) is 0 Å². The van der Waals surface area contributed by atoms with Crippen molar-refractivity contribution in [1.82, 2.24) is 0 Å². The van der Waals surface area contributed by atoms with Crippen LogP contribution < -0.4 is 0 Å². The van der Waals surface area contributed by atoms with Crippen molar-refractivity contribution in [3.05, 3.63) is 23.7 Å². The van der Waals surface area contributed by atoms with Crippen LogP contribution in [0.1, 0.15) is 48.7 Å². The van der Waals surface area contributed by atoms with Crippen molar-refractivity contribution in [2.24, 2.45) is 5.92 Å². The average Bonchev–Trinajstić information content (AvgIpc) is 2.84. The number of rotatable bonds is 3. The Morgan fingerprint density at radius 2 is 2.44 bits per heavy atom. The van der Waals surface area contributed by atoms with Gasteiger partial charge in [-0.25, -0.2) is 4.79 Å². The fourth-order valence-corrected chi connectivity index (χ4v) is 2.52. The SMILES string of the molecule is CCC1CCC(O)(c2occc2C(=O)O)C1. The Labute approximate surface area is 93.9 Å². The number of carboxylic acids is 1. The smallest absolute Gasteiger partial charge is 0.339 e. The van der Waals surface area contributed by atoms with E-state index in [-0.39, 0.29) is 11.3 Å². The summed E-state index contributed by atoms with van der Waals surface area (Å²) in [5, 5.41) is 19.4. The molecule has 1 saturated carbocycles. The lowest BCUT2D eigenvalue weighted by Crippen LogP contribution is -2.23. The molecule has 0 amide bonds. The molecule has 0 spiro atoms. The Morgan fingerprint density at radius 1 is 1.69 bits per heavy atom. The third-order valence-electron chi connectivity index (χ3n) is 3.49. The Bertz CT molecular complexity index is 395. The molecule has 1 heterocycles. The molecule has 1 aliphatic carbocycles. The lowest BCUT2D eigenvalue weighted by molar-refractivity contribution is 0.0154. The molecule has 0 aliphatic heterocycles. The zero-order chi connectivity index (χ0) is 11.8. The molecule has 2 rings (SSSR count). The van der Waals surface area contributed by atoms with Crippen LogP contribution in [0.3, 0.4) is 0 Å². The Kier molecular flexibility index (Phi) is 2.76. The van der Waals surface area contributed by atoms with Crippen LogP contribution in [0.15, 0.2) is 16.7 Å². The molecule has 1 aromatic rings. The van der Waals surface area contributed by atoms with E-state index in [2.05, 4.69) is 6.92 Å². The van der Waals surface area contributed by atoms with Crippen molar-refractivity contribution in [3.63, 3.8) is 0 Å². The standard InChI is InChI=1S/C12H16O4/c1-2-8-3-5-12(15,7-8)10-9(11(13)14)4-6-16-10/h4,6,8,15H,2-3,5,7H2,1H3,(H,13,14). The van der Waals surface area contributed by atoms with Crippen molar-refractivity contribution in [2.45, 2.75) is 38.2 Å². The molecule has 0 aromatic carbocycles. The molecule has 0 bridgehead atoms. The number of carbonyl (C=O) groups is 1. The summed E-state index contributed by atoms with van der Waals surface area (Å²) in [7, 11) is 0. The number of hydrogen-bond donors (Lipinski definition) is 2. The number of aliphatic hydroxyl groups is 1. The minimum atomic E-state index is -1.09. The molecular formula is C12H16O4. The van der Waals surface area contributed by atoms with Gasteiger partial charge >= 0.3 is 5.97 Å². The second kappa shape index (κ2) is 3.94. The molecule has 1 aliphatic rings. The summed E-state index contributed by atoms with van der Waals surface area (Å²) in [6, 6.07) is 1.40. The van der Waals surface area contributed by atoms with Crippen LogP contribution in [0, 0.1) is 5.92 Å². The van der Waals surface area contributed by atoms with E-state index in [1.165, 1.54) is 12.3 Å². The minimum absolute atomic E-state index is 0.0826. The topological polar surface area (TPSA) is 70.7 Å². The normalized spacial score (nSPS) is 29.5. The van der Waals surface area contributed by atoms with Gasteiger partial charge in [0, 0.05) is 0 Å². The van der Waals surface area contributed by atoms with Gasteiger partial charge in [-0.2, -0.15) is 0 Å².